The van der Waals surface area contributed by atoms with Gasteiger partial charge in [-0.3, -0.25) is 4.79 Å². The van der Waals surface area contributed by atoms with E-state index in [4.69, 9.17) is 11.6 Å². The lowest BCUT2D eigenvalue weighted by Gasteiger charge is -2.21. The molecule has 0 radical (unpaired) electrons. The Hall–Kier alpha value is -2.58. The highest BCUT2D eigenvalue weighted by atomic mass is 35.5. The normalized spacial score (nSPS) is 12.0. The summed E-state index contributed by atoms with van der Waals surface area (Å²) in [6.07, 6.45) is 0.373. The van der Waals surface area contributed by atoms with E-state index >= 15 is 0 Å². The molecular formula is C24H24ClNO. The molecule has 0 heterocycles. The second kappa shape index (κ2) is 8.88. The summed E-state index contributed by atoms with van der Waals surface area (Å²) in [6.45, 7) is 4.36. The fourth-order valence-corrected chi connectivity index (χ4v) is 3.17. The number of anilines is 1. The Balaban J connectivity index is 1.84. The first-order valence-corrected chi connectivity index (χ1v) is 9.61. The van der Waals surface area contributed by atoms with E-state index < -0.39 is 0 Å². The van der Waals surface area contributed by atoms with Crippen molar-refractivity contribution in [3.05, 3.63) is 101 Å². The van der Waals surface area contributed by atoms with E-state index in [1.54, 1.807) is 24.3 Å². The van der Waals surface area contributed by atoms with Crippen molar-refractivity contribution >= 4 is 23.1 Å². The topological polar surface area (TPSA) is 29.1 Å². The van der Waals surface area contributed by atoms with E-state index in [1.165, 1.54) is 5.56 Å². The Morgan fingerprint density at radius 2 is 1.44 bits per heavy atom. The molecule has 0 aliphatic heterocycles. The van der Waals surface area contributed by atoms with Gasteiger partial charge >= 0.3 is 0 Å². The molecule has 0 saturated carbocycles. The predicted octanol–water partition coefficient (Wildman–Crippen LogP) is 6.89. The first kappa shape index (κ1) is 19.2. The largest absolute Gasteiger partial charge is 0.378 e. The molecule has 0 spiro atoms. The van der Waals surface area contributed by atoms with Gasteiger partial charge in [-0.2, -0.15) is 0 Å². The number of benzene rings is 3. The lowest BCUT2D eigenvalue weighted by molar-refractivity contribution is 0.0976. The zero-order valence-corrected chi connectivity index (χ0v) is 16.4. The van der Waals surface area contributed by atoms with Gasteiger partial charge in [-0.15, -0.1) is 0 Å². The van der Waals surface area contributed by atoms with Gasteiger partial charge in [0.15, 0.2) is 5.78 Å². The summed E-state index contributed by atoms with van der Waals surface area (Å²) in [5, 5.41) is 4.14. The molecule has 3 aromatic carbocycles. The average Bonchev–Trinajstić information content (AvgIpc) is 2.69. The molecule has 138 valence electrons. The van der Waals surface area contributed by atoms with Crippen molar-refractivity contribution in [2.24, 2.45) is 0 Å². The van der Waals surface area contributed by atoms with Crippen LogP contribution in [0.4, 0.5) is 5.69 Å². The Bertz CT molecular complexity index is 871. The van der Waals surface area contributed by atoms with Crippen LogP contribution in [-0.2, 0) is 0 Å². The summed E-state index contributed by atoms with van der Waals surface area (Å²) in [5.41, 5.74) is 4.07. The van der Waals surface area contributed by atoms with Gasteiger partial charge in [-0.25, -0.2) is 0 Å². The third-order valence-corrected chi connectivity index (χ3v) is 4.93. The minimum atomic E-state index is -0.100. The monoisotopic (exact) mass is 377 g/mol. The van der Waals surface area contributed by atoms with Crippen LogP contribution < -0.4 is 5.32 Å². The van der Waals surface area contributed by atoms with Crippen molar-refractivity contribution < 1.29 is 4.79 Å². The molecule has 0 saturated heterocycles. The van der Waals surface area contributed by atoms with Crippen LogP contribution in [0.1, 0.15) is 53.7 Å². The van der Waals surface area contributed by atoms with Crippen LogP contribution in [0, 0.1) is 0 Å². The molecular weight excluding hydrogens is 354 g/mol. The van der Waals surface area contributed by atoms with Gasteiger partial charge in [-0.1, -0.05) is 67.9 Å². The zero-order chi connectivity index (χ0) is 19.2. The first-order chi connectivity index (χ1) is 13.0. The number of hydrogen-bond donors (Lipinski definition) is 1. The molecule has 1 unspecified atom stereocenters. The van der Waals surface area contributed by atoms with Crippen LogP contribution >= 0.6 is 11.6 Å². The van der Waals surface area contributed by atoms with Crippen molar-refractivity contribution in [1.29, 1.82) is 0 Å². The molecule has 1 atom stereocenters. The summed E-state index contributed by atoms with van der Waals surface area (Å²) in [6, 6.07) is 25.5. The number of rotatable bonds is 7. The van der Waals surface area contributed by atoms with Crippen molar-refractivity contribution in [2.75, 3.05) is 5.32 Å². The first-order valence-electron chi connectivity index (χ1n) is 9.23. The van der Waals surface area contributed by atoms with Gasteiger partial charge in [0.25, 0.3) is 0 Å². The fraction of sp³-hybridized carbons (Fsp3) is 0.208. The van der Waals surface area contributed by atoms with Crippen LogP contribution in [0.2, 0.25) is 5.02 Å². The zero-order valence-electron chi connectivity index (χ0n) is 15.7. The second-order valence-electron chi connectivity index (χ2n) is 7.02. The quantitative estimate of drug-likeness (QED) is 0.454. The molecule has 0 aliphatic carbocycles. The summed E-state index contributed by atoms with van der Waals surface area (Å²) >= 11 is 5.94. The minimum Gasteiger partial charge on any atom is -0.378 e. The SMILES string of the molecule is CC(C)c1ccc(C(CC(=O)c2ccc(Cl)cc2)Nc2ccccc2)cc1. The average molecular weight is 378 g/mol. The summed E-state index contributed by atoms with van der Waals surface area (Å²) in [5.74, 6) is 0.573. The van der Waals surface area contributed by atoms with Crippen LogP contribution in [0.5, 0.6) is 0 Å². The molecule has 2 nitrogen and oxygen atoms in total. The Morgan fingerprint density at radius 1 is 0.852 bits per heavy atom. The third-order valence-electron chi connectivity index (χ3n) is 4.68. The van der Waals surface area contributed by atoms with E-state index in [1.807, 2.05) is 30.3 Å². The smallest absolute Gasteiger partial charge is 0.165 e. The predicted molar refractivity (Wildman–Crippen MR) is 114 cm³/mol. The Labute approximate surface area is 166 Å². The highest BCUT2D eigenvalue weighted by Gasteiger charge is 2.18. The van der Waals surface area contributed by atoms with Crippen LogP contribution in [0.25, 0.3) is 0 Å². The summed E-state index contributed by atoms with van der Waals surface area (Å²) in [7, 11) is 0. The lowest BCUT2D eigenvalue weighted by Crippen LogP contribution is -2.16. The molecule has 0 fully saturated rings. The van der Waals surface area contributed by atoms with E-state index in [2.05, 4.69) is 43.4 Å². The Kier molecular flexibility index (Phi) is 6.31. The van der Waals surface area contributed by atoms with Gasteiger partial charge in [0, 0.05) is 22.7 Å². The maximum Gasteiger partial charge on any atom is 0.165 e. The highest BCUT2D eigenvalue weighted by Crippen LogP contribution is 2.26. The van der Waals surface area contributed by atoms with E-state index in [9.17, 15) is 4.79 Å². The number of ketones is 1. The molecule has 27 heavy (non-hydrogen) atoms. The van der Waals surface area contributed by atoms with Gasteiger partial charge in [0.05, 0.1) is 6.04 Å². The second-order valence-corrected chi connectivity index (χ2v) is 7.45. The molecule has 3 aromatic rings. The van der Waals surface area contributed by atoms with Gasteiger partial charge in [-0.05, 0) is 53.4 Å². The molecule has 0 aromatic heterocycles. The molecule has 0 amide bonds. The number of halogens is 1. The fourth-order valence-electron chi connectivity index (χ4n) is 3.04. The maximum atomic E-state index is 12.8. The number of carbonyl (C=O) groups is 1. The highest BCUT2D eigenvalue weighted by molar-refractivity contribution is 6.30. The van der Waals surface area contributed by atoms with Gasteiger partial charge < -0.3 is 5.32 Å². The molecule has 0 aliphatic rings. The standard InChI is InChI=1S/C24H24ClNO/c1-17(2)18-8-10-19(11-9-18)23(26-22-6-4-3-5-7-22)16-24(27)20-12-14-21(25)15-13-20/h3-15,17,23,26H,16H2,1-2H3. The molecule has 1 N–H and O–H groups in total. The summed E-state index contributed by atoms with van der Waals surface area (Å²) < 4.78 is 0. The van der Waals surface area contributed by atoms with E-state index in [-0.39, 0.29) is 11.8 Å². The third kappa shape index (κ3) is 5.21. The Morgan fingerprint density at radius 3 is 2.04 bits per heavy atom. The van der Waals surface area contributed by atoms with Crippen molar-refractivity contribution in [3.8, 4) is 0 Å². The van der Waals surface area contributed by atoms with Crippen molar-refractivity contribution in [3.63, 3.8) is 0 Å². The summed E-state index contributed by atoms with van der Waals surface area (Å²) in [4.78, 5) is 12.8. The maximum absolute atomic E-state index is 12.8. The van der Waals surface area contributed by atoms with Crippen molar-refractivity contribution in [1.82, 2.24) is 0 Å². The van der Waals surface area contributed by atoms with Crippen LogP contribution in [0.3, 0.4) is 0 Å². The number of para-hydroxylation sites is 1. The number of Topliss-reactive ketones (excluding diaryl/α,β-unsaturated/α-hetero) is 1. The van der Waals surface area contributed by atoms with E-state index in [0.29, 0.717) is 22.9 Å². The van der Waals surface area contributed by atoms with E-state index in [0.717, 1.165) is 11.3 Å². The minimum absolute atomic E-state index is 0.0908. The number of nitrogens with one attached hydrogen (secondary N) is 1. The van der Waals surface area contributed by atoms with Gasteiger partial charge in [0.2, 0.25) is 0 Å². The van der Waals surface area contributed by atoms with Crippen LogP contribution in [0.15, 0.2) is 78.9 Å². The van der Waals surface area contributed by atoms with Crippen molar-refractivity contribution in [2.45, 2.75) is 32.2 Å². The molecule has 3 rings (SSSR count). The van der Waals surface area contributed by atoms with Gasteiger partial charge in [0.1, 0.15) is 0 Å². The number of hydrogen-bond acceptors (Lipinski definition) is 2. The molecule has 0 bridgehead atoms. The molecule has 3 heteroatoms. The lowest BCUT2D eigenvalue weighted by atomic mass is 9.95. The number of carbonyl (C=O) groups excluding carboxylic acids is 1. The van der Waals surface area contributed by atoms with Crippen LogP contribution in [-0.4, -0.2) is 5.78 Å².